The molecule has 0 bridgehead atoms. The third-order valence-corrected chi connectivity index (χ3v) is 6.19. The molecule has 0 aliphatic rings. The van der Waals surface area contributed by atoms with Gasteiger partial charge in [0.05, 0.1) is 23.2 Å². The van der Waals surface area contributed by atoms with E-state index in [-0.39, 0.29) is 12.3 Å². The van der Waals surface area contributed by atoms with Gasteiger partial charge in [0, 0.05) is 23.1 Å². The van der Waals surface area contributed by atoms with Gasteiger partial charge < -0.3 is 5.32 Å². The third kappa shape index (κ3) is 4.05. The Morgan fingerprint density at radius 3 is 2.75 bits per heavy atom. The van der Waals surface area contributed by atoms with Gasteiger partial charge >= 0.3 is 0 Å². The minimum atomic E-state index is -0.0566. The first-order valence-electron chi connectivity index (χ1n) is 9.15. The van der Waals surface area contributed by atoms with Crippen LogP contribution in [0.5, 0.6) is 0 Å². The molecule has 0 atom stereocenters. The number of thiophene rings is 1. The zero-order chi connectivity index (χ0) is 19.3. The first kappa shape index (κ1) is 18.6. The van der Waals surface area contributed by atoms with Gasteiger partial charge in [0.25, 0.3) is 0 Å². The van der Waals surface area contributed by atoms with Crippen LogP contribution >= 0.6 is 22.7 Å². The molecule has 5 nitrogen and oxygen atoms in total. The summed E-state index contributed by atoms with van der Waals surface area (Å²) in [5.74, 6) is 0.677. The van der Waals surface area contributed by atoms with Gasteiger partial charge in [-0.2, -0.15) is 5.10 Å². The Hall–Kier alpha value is -2.77. The van der Waals surface area contributed by atoms with Crippen molar-refractivity contribution >= 4 is 34.4 Å². The van der Waals surface area contributed by atoms with Gasteiger partial charge in [0.15, 0.2) is 0 Å². The molecule has 28 heavy (non-hydrogen) atoms. The summed E-state index contributed by atoms with van der Waals surface area (Å²) in [4.78, 5) is 19.6. The van der Waals surface area contributed by atoms with Crippen molar-refractivity contribution in [2.45, 2.75) is 26.3 Å². The van der Waals surface area contributed by atoms with Crippen LogP contribution in [0, 0.1) is 0 Å². The highest BCUT2D eigenvalue weighted by atomic mass is 32.1. The lowest BCUT2D eigenvalue weighted by molar-refractivity contribution is -0.115. The van der Waals surface area contributed by atoms with E-state index in [1.165, 1.54) is 0 Å². The molecule has 0 aliphatic carbocycles. The lowest BCUT2D eigenvalue weighted by Gasteiger charge is -2.07. The molecule has 0 aliphatic heterocycles. The molecule has 1 aromatic carbocycles. The number of hydrogen-bond donors (Lipinski definition) is 1. The molecule has 4 rings (SSSR count). The smallest absolute Gasteiger partial charge is 0.230 e. The van der Waals surface area contributed by atoms with Crippen LogP contribution in [-0.2, 0) is 17.8 Å². The largest absolute Gasteiger partial charge is 0.311 e. The molecule has 3 heterocycles. The van der Waals surface area contributed by atoms with Gasteiger partial charge in [-0.3, -0.25) is 4.79 Å². The van der Waals surface area contributed by atoms with Crippen LogP contribution in [0.1, 0.15) is 18.2 Å². The Kier molecular flexibility index (Phi) is 5.64. The monoisotopic (exact) mass is 408 g/mol. The van der Waals surface area contributed by atoms with Crippen LogP contribution in [0.4, 0.5) is 5.82 Å². The molecule has 1 N–H and O–H groups in total. The van der Waals surface area contributed by atoms with E-state index < -0.39 is 0 Å². The number of thiazole rings is 1. The quantitative estimate of drug-likeness (QED) is 0.450. The van der Waals surface area contributed by atoms with E-state index in [9.17, 15) is 4.79 Å². The topological polar surface area (TPSA) is 59.8 Å². The van der Waals surface area contributed by atoms with Crippen molar-refractivity contribution in [2.75, 3.05) is 5.32 Å². The minimum absolute atomic E-state index is 0.0566. The second-order valence-electron chi connectivity index (χ2n) is 6.30. The fourth-order valence-electron chi connectivity index (χ4n) is 2.94. The Labute approximate surface area is 171 Å². The second-order valence-corrected chi connectivity index (χ2v) is 8.33. The highest BCUT2D eigenvalue weighted by Gasteiger charge is 2.18. The number of benzene rings is 1. The van der Waals surface area contributed by atoms with E-state index >= 15 is 0 Å². The number of aromatic nitrogens is 3. The van der Waals surface area contributed by atoms with Gasteiger partial charge in [-0.1, -0.05) is 43.3 Å². The highest BCUT2D eigenvalue weighted by molar-refractivity contribution is 7.17. The number of aryl methyl sites for hydroxylation is 1. The fourth-order valence-corrected chi connectivity index (χ4v) is 4.83. The first-order chi connectivity index (χ1) is 13.7. The Balaban J connectivity index is 1.60. The zero-order valence-electron chi connectivity index (χ0n) is 15.5. The third-order valence-electron chi connectivity index (χ3n) is 4.21. The second kappa shape index (κ2) is 8.50. The number of nitrogens with zero attached hydrogens (tertiary/aromatic N) is 3. The summed E-state index contributed by atoms with van der Waals surface area (Å²) in [7, 11) is 0. The van der Waals surface area contributed by atoms with Crippen LogP contribution in [0.15, 0.2) is 60.1 Å². The van der Waals surface area contributed by atoms with Crippen molar-refractivity contribution in [2.24, 2.45) is 0 Å². The van der Waals surface area contributed by atoms with Gasteiger partial charge in [-0.25, -0.2) is 9.67 Å². The number of rotatable bonds is 7. The van der Waals surface area contributed by atoms with Crippen molar-refractivity contribution in [3.8, 4) is 21.1 Å². The van der Waals surface area contributed by atoms with E-state index in [1.54, 1.807) is 28.9 Å². The predicted molar refractivity (Wildman–Crippen MR) is 116 cm³/mol. The first-order valence-corrected chi connectivity index (χ1v) is 10.8. The van der Waals surface area contributed by atoms with Crippen molar-refractivity contribution in [3.63, 3.8) is 0 Å². The van der Waals surface area contributed by atoms with Crippen molar-refractivity contribution in [1.82, 2.24) is 14.8 Å². The predicted octanol–water partition coefficient (Wildman–Crippen LogP) is 5.33. The molecule has 142 valence electrons. The molecular weight excluding hydrogens is 388 g/mol. The van der Waals surface area contributed by atoms with Crippen molar-refractivity contribution in [1.29, 1.82) is 0 Å². The molecule has 4 aromatic rings. The number of nitrogens with one attached hydrogen (secondary N) is 1. The van der Waals surface area contributed by atoms with Gasteiger partial charge in [-0.15, -0.1) is 22.7 Å². The summed E-state index contributed by atoms with van der Waals surface area (Å²) in [6, 6.07) is 16.0. The summed E-state index contributed by atoms with van der Waals surface area (Å²) in [5.41, 5.74) is 1.97. The number of carbonyl (C=O) groups excluding carboxylic acids is 1. The molecule has 0 saturated carbocycles. The molecule has 0 saturated heterocycles. The molecule has 0 unspecified atom stereocenters. The average molecular weight is 409 g/mol. The van der Waals surface area contributed by atoms with Gasteiger partial charge in [0.2, 0.25) is 5.91 Å². The van der Waals surface area contributed by atoms with Crippen LogP contribution in [0.2, 0.25) is 0 Å². The number of amides is 1. The fraction of sp³-hybridized carbons (Fsp3) is 0.190. The zero-order valence-corrected chi connectivity index (χ0v) is 17.1. The van der Waals surface area contributed by atoms with Crippen molar-refractivity contribution in [3.05, 3.63) is 65.0 Å². The van der Waals surface area contributed by atoms with Gasteiger partial charge in [-0.05, 0) is 17.9 Å². The standard InChI is InChI=1S/C21H20N4OS2/c1-2-12-25-18(10-11-22-25)23-19(26)14-17-20(16-9-6-13-27-16)24-21(28-17)15-7-4-3-5-8-15/h3-11,13H,2,12,14H2,1H3,(H,23,26). The summed E-state index contributed by atoms with van der Waals surface area (Å²) in [6.07, 6.45) is 2.96. The van der Waals surface area contributed by atoms with E-state index in [0.717, 1.165) is 44.8 Å². The Bertz CT molecular complexity index is 1050. The number of carbonyl (C=O) groups is 1. The SMILES string of the molecule is CCCn1nccc1NC(=O)Cc1sc(-c2ccccc2)nc1-c1cccs1. The van der Waals surface area contributed by atoms with E-state index in [2.05, 4.69) is 17.3 Å². The lowest BCUT2D eigenvalue weighted by atomic mass is 10.2. The van der Waals surface area contributed by atoms with E-state index in [4.69, 9.17) is 4.98 Å². The number of anilines is 1. The summed E-state index contributed by atoms with van der Waals surface area (Å²) in [6.45, 7) is 2.87. The summed E-state index contributed by atoms with van der Waals surface area (Å²) in [5, 5.41) is 10.2. The summed E-state index contributed by atoms with van der Waals surface area (Å²) >= 11 is 3.22. The van der Waals surface area contributed by atoms with Crippen molar-refractivity contribution < 1.29 is 4.79 Å². The van der Waals surface area contributed by atoms with Crippen LogP contribution in [0.25, 0.3) is 21.1 Å². The molecule has 0 spiro atoms. The molecular formula is C21H20N4OS2. The van der Waals surface area contributed by atoms with Crippen LogP contribution in [-0.4, -0.2) is 20.7 Å². The van der Waals surface area contributed by atoms with E-state index in [0.29, 0.717) is 0 Å². The molecule has 1 amide bonds. The average Bonchev–Trinajstić information content (AvgIpc) is 3.44. The maximum atomic E-state index is 12.7. The van der Waals surface area contributed by atoms with E-state index in [1.807, 2.05) is 58.6 Å². The maximum absolute atomic E-state index is 12.7. The Morgan fingerprint density at radius 1 is 1.14 bits per heavy atom. The van der Waals surface area contributed by atoms with Crippen LogP contribution in [0.3, 0.4) is 0 Å². The Morgan fingerprint density at radius 2 is 2.00 bits per heavy atom. The maximum Gasteiger partial charge on any atom is 0.230 e. The summed E-state index contributed by atoms with van der Waals surface area (Å²) < 4.78 is 1.82. The minimum Gasteiger partial charge on any atom is -0.311 e. The number of hydrogen-bond acceptors (Lipinski definition) is 5. The molecule has 0 radical (unpaired) electrons. The lowest BCUT2D eigenvalue weighted by Crippen LogP contribution is -2.17. The normalized spacial score (nSPS) is 10.9. The highest BCUT2D eigenvalue weighted by Crippen LogP contribution is 2.36. The molecule has 3 aromatic heterocycles. The van der Waals surface area contributed by atoms with Gasteiger partial charge in [0.1, 0.15) is 10.8 Å². The molecule has 0 fully saturated rings. The molecule has 7 heteroatoms. The van der Waals surface area contributed by atoms with Crippen LogP contribution < -0.4 is 5.32 Å².